The molecule has 1 aliphatic rings. The Morgan fingerprint density at radius 1 is 1.50 bits per heavy atom. The molecular formula is C9H16N4O. The van der Waals surface area contributed by atoms with Gasteiger partial charge in [-0.2, -0.15) is 0 Å². The monoisotopic (exact) mass is 196 g/mol. The zero-order valence-corrected chi connectivity index (χ0v) is 8.20. The lowest BCUT2D eigenvalue weighted by atomic mass is 10.3. The molecule has 0 atom stereocenters. The molecule has 2 heterocycles. The van der Waals surface area contributed by atoms with Gasteiger partial charge in [0.25, 0.3) is 0 Å². The van der Waals surface area contributed by atoms with Gasteiger partial charge in [-0.1, -0.05) is 0 Å². The third-order valence-corrected chi connectivity index (χ3v) is 2.45. The molecule has 0 bridgehead atoms. The van der Waals surface area contributed by atoms with Crippen molar-refractivity contribution in [1.29, 1.82) is 0 Å². The number of nitrogens with zero attached hydrogens (tertiary/aromatic N) is 2. The predicted octanol–water partition coefficient (Wildman–Crippen LogP) is -0.133. The van der Waals surface area contributed by atoms with E-state index in [-0.39, 0.29) is 0 Å². The average molecular weight is 196 g/mol. The van der Waals surface area contributed by atoms with Gasteiger partial charge in [0, 0.05) is 31.7 Å². The molecule has 0 amide bonds. The molecule has 5 nitrogen and oxygen atoms in total. The fourth-order valence-electron chi connectivity index (χ4n) is 1.61. The lowest BCUT2D eigenvalue weighted by Gasteiger charge is -2.26. The van der Waals surface area contributed by atoms with Crippen LogP contribution in [-0.2, 0) is 11.2 Å². The lowest BCUT2D eigenvalue weighted by molar-refractivity contribution is 0.0383. The van der Waals surface area contributed by atoms with E-state index in [4.69, 9.17) is 10.5 Å². The number of nitrogens with one attached hydrogen (secondary N) is 1. The van der Waals surface area contributed by atoms with E-state index in [1.54, 1.807) is 6.20 Å². The molecule has 5 heteroatoms. The second-order valence-corrected chi connectivity index (χ2v) is 3.50. The van der Waals surface area contributed by atoms with Crippen LogP contribution in [0.15, 0.2) is 6.20 Å². The van der Waals surface area contributed by atoms with Crippen molar-refractivity contribution in [2.24, 2.45) is 0 Å². The van der Waals surface area contributed by atoms with Crippen LogP contribution < -0.4 is 5.73 Å². The molecule has 1 aromatic heterocycles. The summed E-state index contributed by atoms with van der Waals surface area (Å²) in [6, 6.07) is 0. The third kappa shape index (κ3) is 2.46. The van der Waals surface area contributed by atoms with E-state index in [1.165, 1.54) is 0 Å². The first kappa shape index (κ1) is 9.48. The van der Waals surface area contributed by atoms with Gasteiger partial charge in [-0.15, -0.1) is 0 Å². The van der Waals surface area contributed by atoms with Gasteiger partial charge in [0.05, 0.1) is 19.4 Å². The van der Waals surface area contributed by atoms with Gasteiger partial charge in [-0.3, -0.25) is 4.90 Å². The van der Waals surface area contributed by atoms with E-state index in [0.29, 0.717) is 5.95 Å². The normalized spacial score (nSPS) is 18.6. The van der Waals surface area contributed by atoms with Crippen LogP contribution in [0.1, 0.15) is 5.69 Å². The van der Waals surface area contributed by atoms with Gasteiger partial charge in [0.1, 0.15) is 0 Å². The van der Waals surface area contributed by atoms with Crippen LogP contribution in [0.3, 0.4) is 0 Å². The standard InChI is InChI=1S/C9H16N4O/c10-9-11-7-8(12-9)1-2-13-3-5-14-6-4-13/h7H,1-6H2,(H3,10,11,12). The first-order valence-electron chi connectivity index (χ1n) is 4.94. The zero-order chi connectivity index (χ0) is 9.80. The molecule has 0 saturated carbocycles. The third-order valence-electron chi connectivity index (χ3n) is 2.45. The number of morpholine rings is 1. The van der Waals surface area contributed by atoms with Crippen LogP contribution in [0.4, 0.5) is 5.95 Å². The highest BCUT2D eigenvalue weighted by molar-refractivity contribution is 5.18. The van der Waals surface area contributed by atoms with Crippen molar-refractivity contribution < 1.29 is 4.74 Å². The number of nitrogen functional groups attached to an aromatic ring is 1. The van der Waals surface area contributed by atoms with Crippen LogP contribution in [0.25, 0.3) is 0 Å². The van der Waals surface area contributed by atoms with E-state index >= 15 is 0 Å². The summed E-state index contributed by atoms with van der Waals surface area (Å²) in [5.41, 5.74) is 6.59. The Balaban J connectivity index is 1.76. The number of rotatable bonds is 3. The first-order chi connectivity index (χ1) is 6.84. The highest BCUT2D eigenvalue weighted by Gasteiger charge is 2.10. The highest BCUT2D eigenvalue weighted by atomic mass is 16.5. The summed E-state index contributed by atoms with van der Waals surface area (Å²) in [4.78, 5) is 9.37. The van der Waals surface area contributed by atoms with Crippen LogP contribution in [0, 0.1) is 0 Å². The Bertz CT molecular complexity index is 280. The largest absolute Gasteiger partial charge is 0.379 e. The zero-order valence-electron chi connectivity index (χ0n) is 8.20. The summed E-state index contributed by atoms with van der Waals surface area (Å²) in [7, 11) is 0. The molecule has 2 rings (SSSR count). The molecule has 1 aromatic rings. The van der Waals surface area contributed by atoms with Gasteiger partial charge in [-0.05, 0) is 0 Å². The molecule has 1 saturated heterocycles. The number of hydrogen-bond donors (Lipinski definition) is 2. The van der Waals surface area contributed by atoms with Crippen molar-refractivity contribution in [2.45, 2.75) is 6.42 Å². The van der Waals surface area contributed by atoms with Crippen molar-refractivity contribution in [3.8, 4) is 0 Å². The summed E-state index contributed by atoms with van der Waals surface area (Å²) in [6.45, 7) is 4.81. The molecule has 78 valence electrons. The second kappa shape index (κ2) is 4.43. The fourth-order valence-corrected chi connectivity index (χ4v) is 1.61. The Morgan fingerprint density at radius 3 is 2.93 bits per heavy atom. The van der Waals surface area contributed by atoms with Crippen molar-refractivity contribution in [3.63, 3.8) is 0 Å². The van der Waals surface area contributed by atoms with Crippen LogP contribution in [0.2, 0.25) is 0 Å². The summed E-state index contributed by atoms with van der Waals surface area (Å²) in [5.74, 6) is 0.502. The summed E-state index contributed by atoms with van der Waals surface area (Å²) in [6.07, 6.45) is 2.78. The van der Waals surface area contributed by atoms with E-state index in [0.717, 1.165) is 45.0 Å². The molecule has 0 radical (unpaired) electrons. The minimum Gasteiger partial charge on any atom is -0.379 e. The van der Waals surface area contributed by atoms with Crippen molar-refractivity contribution in [3.05, 3.63) is 11.9 Å². The predicted molar refractivity (Wildman–Crippen MR) is 54.0 cm³/mol. The van der Waals surface area contributed by atoms with Gasteiger partial charge >= 0.3 is 0 Å². The maximum atomic E-state index is 5.49. The van der Waals surface area contributed by atoms with Gasteiger partial charge < -0.3 is 15.5 Å². The SMILES string of the molecule is Nc1ncc(CCN2CCOCC2)[nH]1. The van der Waals surface area contributed by atoms with Gasteiger partial charge in [0.15, 0.2) is 5.95 Å². The van der Waals surface area contributed by atoms with E-state index < -0.39 is 0 Å². The molecule has 0 aliphatic carbocycles. The molecule has 0 unspecified atom stereocenters. The number of H-pyrrole nitrogens is 1. The Hall–Kier alpha value is -1.07. The van der Waals surface area contributed by atoms with Crippen molar-refractivity contribution in [2.75, 3.05) is 38.6 Å². The Labute approximate surface area is 83.3 Å². The summed E-state index contributed by atoms with van der Waals surface area (Å²) < 4.78 is 5.27. The molecular weight excluding hydrogens is 180 g/mol. The molecule has 0 aromatic carbocycles. The number of imidazole rings is 1. The smallest absolute Gasteiger partial charge is 0.197 e. The molecule has 1 aliphatic heterocycles. The molecule has 3 N–H and O–H groups in total. The number of nitrogens with two attached hydrogens (primary N) is 1. The maximum absolute atomic E-state index is 5.49. The van der Waals surface area contributed by atoms with Crippen molar-refractivity contribution in [1.82, 2.24) is 14.9 Å². The lowest BCUT2D eigenvalue weighted by Crippen LogP contribution is -2.37. The molecule has 14 heavy (non-hydrogen) atoms. The number of ether oxygens (including phenoxy) is 1. The Kier molecular flexibility index (Phi) is 3.00. The van der Waals surface area contributed by atoms with E-state index in [2.05, 4.69) is 14.9 Å². The fraction of sp³-hybridized carbons (Fsp3) is 0.667. The number of aromatic nitrogens is 2. The number of anilines is 1. The van der Waals surface area contributed by atoms with E-state index in [9.17, 15) is 0 Å². The maximum Gasteiger partial charge on any atom is 0.197 e. The molecule has 1 fully saturated rings. The highest BCUT2D eigenvalue weighted by Crippen LogP contribution is 2.02. The van der Waals surface area contributed by atoms with Crippen LogP contribution in [-0.4, -0.2) is 47.7 Å². The minimum atomic E-state index is 0.502. The van der Waals surface area contributed by atoms with E-state index in [1.807, 2.05) is 0 Å². The van der Waals surface area contributed by atoms with Crippen molar-refractivity contribution >= 4 is 5.95 Å². The van der Waals surface area contributed by atoms with Crippen LogP contribution >= 0.6 is 0 Å². The topological polar surface area (TPSA) is 67.2 Å². The second-order valence-electron chi connectivity index (χ2n) is 3.50. The minimum absolute atomic E-state index is 0.502. The quantitative estimate of drug-likeness (QED) is 0.706. The first-order valence-corrected chi connectivity index (χ1v) is 4.94. The molecule has 0 spiro atoms. The van der Waals surface area contributed by atoms with Gasteiger partial charge in [0.2, 0.25) is 0 Å². The summed E-state index contributed by atoms with van der Waals surface area (Å²) in [5, 5.41) is 0. The van der Waals surface area contributed by atoms with Gasteiger partial charge in [-0.25, -0.2) is 4.98 Å². The Morgan fingerprint density at radius 2 is 2.29 bits per heavy atom. The van der Waals surface area contributed by atoms with Crippen LogP contribution in [0.5, 0.6) is 0 Å². The summed E-state index contributed by atoms with van der Waals surface area (Å²) >= 11 is 0. The number of hydrogen-bond acceptors (Lipinski definition) is 4. The number of aromatic amines is 1. The average Bonchev–Trinajstić information content (AvgIpc) is 2.63.